The number of benzene rings is 1. The van der Waals surface area contributed by atoms with Crippen LogP contribution in [0.2, 0.25) is 0 Å². The molecular weight excluding hydrogens is 344 g/mol. The first-order valence-corrected chi connectivity index (χ1v) is 10.2. The zero-order chi connectivity index (χ0) is 18.7. The number of nitrogens with zero attached hydrogens (tertiary/aromatic N) is 2. The fraction of sp³-hybridized carbons (Fsp3) is 0.524. The third-order valence-electron chi connectivity index (χ3n) is 4.62. The highest BCUT2D eigenvalue weighted by atomic mass is 32.1. The number of aromatic nitrogens is 1. The Labute approximate surface area is 160 Å². The van der Waals surface area contributed by atoms with Crippen molar-refractivity contribution in [3.8, 4) is 16.3 Å². The largest absolute Gasteiger partial charge is 0.494 e. The lowest BCUT2D eigenvalue weighted by Gasteiger charge is -2.30. The van der Waals surface area contributed by atoms with Crippen LogP contribution in [0.1, 0.15) is 57.4 Å². The van der Waals surface area contributed by atoms with Crippen molar-refractivity contribution in [3.63, 3.8) is 0 Å². The third kappa shape index (κ3) is 4.44. The normalized spacial score (nSPS) is 17.5. The predicted molar refractivity (Wildman–Crippen MR) is 107 cm³/mol. The van der Waals surface area contributed by atoms with Crippen molar-refractivity contribution in [2.24, 2.45) is 5.41 Å². The van der Waals surface area contributed by atoms with Crippen molar-refractivity contribution in [1.82, 2.24) is 9.88 Å². The molecule has 26 heavy (non-hydrogen) atoms. The Hall–Kier alpha value is -1.88. The molecule has 5 heteroatoms. The topological polar surface area (TPSA) is 42.4 Å². The minimum Gasteiger partial charge on any atom is -0.494 e. The second kappa shape index (κ2) is 7.78. The summed E-state index contributed by atoms with van der Waals surface area (Å²) in [7, 11) is 0. The van der Waals surface area contributed by atoms with Crippen LogP contribution in [0, 0.1) is 5.41 Å². The number of hydrogen-bond donors (Lipinski definition) is 0. The number of carbonyl (C=O) groups is 1. The van der Waals surface area contributed by atoms with Gasteiger partial charge in [0.2, 0.25) is 0 Å². The fourth-order valence-corrected chi connectivity index (χ4v) is 4.33. The number of hydrogen-bond acceptors (Lipinski definition) is 4. The second-order valence-electron chi connectivity index (χ2n) is 8.05. The minimum absolute atomic E-state index is 0.0742. The van der Waals surface area contributed by atoms with Crippen molar-refractivity contribution in [2.45, 2.75) is 53.0 Å². The van der Waals surface area contributed by atoms with E-state index in [-0.39, 0.29) is 11.3 Å². The highest BCUT2D eigenvalue weighted by Crippen LogP contribution is 2.32. The summed E-state index contributed by atoms with van der Waals surface area (Å²) in [6.45, 7) is 10.2. The summed E-state index contributed by atoms with van der Waals surface area (Å²) in [5.74, 6) is 0.927. The quantitative estimate of drug-likeness (QED) is 0.720. The van der Waals surface area contributed by atoms with Crippen LogP contribution in [-0.2, 0) is 0 Å². The van der Waals surface area contributed by atoms with Gasteiger partial charge in [-0.15, -0.1) is 11.3 Å². The van der Waals surface area contributed by atoms with E-state index >= 15 is 0 Å². The molecule has 1 saturated heterocycles. The molecule has 1 atom stereocenters. The number of likely N-dealkylation sites (tertiary alicyclic amines) is 1. The van der Waals surface area contributed by atoms with Gasteiger partial charge in [0.25, 0.3) is 5.91 Å². The number of ether oxygens (including phenoxy) is 1. The van der Waals surface area contributed by atoms with Crippen molar-refractivity contribution >= 4 is 17.2 Å². The number of carbonyl (C=O) groups excluding carboxylic acids is 1. The van der Waals surface area contributed by atoms with E-state index < -0.39 is 0 Å². The Bertz CT molecular complexity index is 746. The predicted octanol–water partition coefficient (Wildman–Crippen LogP) is 5.25. The molecule has 0 radical (unpaired) electrons. The maximum absolute atomic E-state index is 13.0. The van der Waals surface area contributed by atoms with Gasteiger partial charge in [0, 0.05) is 23.5 Å². The first-order valence-electron chi connectivity index (χ1n) is 9.37. The molecule has 1 aromatic carbocycles. The van der Waals surface area contributed by atoms with Crippen molar-refractivity contribution < 1.29 is 9.53 Å². The van der Waals surface area contributed by atoms with Gasteiger partial charge in [0.05, 0.1) is 6.61 Å². The van der Waals surface area contributed by atoms with E-state index in [0.29, 0.717) is 18.3 Å². The van der Waals surface area contributed by atoms with E-state index in [1.54, 1.807) is 0 Å². The number of rotatable bonds is 5. The van der Waals surface area contributed by atoms with E-state index in [0.717, 1.165) is 42.1 Å². The summed E-state index contributed by atoms with van der Waals surface area (Å²) in [6.07, 6.45) is 3.22. The van der Waals surface area contributed by atoms with Gasteiger partial charge in [-0.3, -0.25) is 4.79 Å². The molecule has 1 unspecified atom stereocenters. The van der Waals surface area contributed by atoms with E-state index in [9.17, 15) is 4.79 Å². The summed E-state index contributed by atoms with van der Waals surface area (Å²) in [6, 6.07) is 8.22. The van der Waals surface area contributed by atoms with Gasteiger partial charge in [-0.25, -0.2) is 4.98 Å². The third-order valence-corrected chi connectivity index (χ3v) is 5.51. The molecule has 4 nitrogen and oxygen atoms in total. The van der Waals surface area contributed by atoms with Crippen LogP contribution in [0.15, 0.2) is 29.6 Å². The SMILES string of the molecule is CCOc1ccc(-c2nc(C(=O)N3CCCC3CC(C)(C)C)cs2)cc1. The summed E-state index contributed by atoms with van der Waals surface area (Å²) in [5, 5.41) is 2.77. The fourth-order valence-electron chi connectivity index (χ4n) is 3.53. The van der Waals surface area contributed by atoms with Crippen LogP contribution in [0.25, 0.3) is 10.6 Å². The van der Waals surface area contributed by atoms with E-state index in [4.69, 9.17) is 4.74 Å². The Kier molecular flexibility index (Phi) is 5.66. The van der Waals surface area contributed by atoms with Crippen LogP contribution >= 0.6 is 11.3 Å². The molecule has 1 amide bonds. The second-order valence-corrected chi connectivity index (χ2v) is 8.91. The van der Waals surface area contributed by atoms with Gasteiger partial charge in [0.15, 0.2) is 0 Å². The molecule has 0 spiro atoms. The zero-order valence-electron chi connectivity index (χ0n) is 16.1. The molecule has 2 heterocycles. The number of amides is 1. The van der Waals surface area contributed by atoms with Gasteiger partial charge >= 0.3 is 0 Å². The molecule has 0 bridgehead atoms. The van der Waals surface area contributed by atoms with E-state index in [1.807, 2.05) is 41.5 Å². The lowest BCUT2D eigenvalue weighted by atomic mass is 9.87. The van der Waals surface area contributed by atoms with Crippen molar-refractivity contribution in [1.29, 1.82) is 0 Å². The first-order chi connectivity index (χ1) is 12.4. The Morgan fingerprint density at radius 2 is 2.04 bits per heavy atom. The lowest BCUT2D eigenvalue weighted by Crippen LogP contribution is -2.37. The Morgan fingerprint density at radius 1 is 1.31 bits per heavy atom. The Balaban J connectivity index is 1.73. The van der Waals surface area contributed by atoms with Crippen LogP contribution in [-0.4, -0.2) is 35.0 Å². The highest BCUT2D eigenvalue weighted by molar-refractivity contribution is 7.13. The van der Waals surface area contributed by atoms with Crippen molar-refractivity contribution in [2.75, 3.05) is 13.2 Å². The molecule has 1 aromatic heterocycles. The molecule has 0 saturated carbocycles. The van der Waals surface area contributed by atoms with Crippen molar-refractivity contribution in [3.05, 3.63) is 35.3 Å². The van der Waals surface area contributed by atoms with Gasteiger partial charge in [-0.1, -0.05) is 20.8 Å². The summed E-state index contributed by atoms with van der Waals surface area (Å²) < 4.78 is 5.48. The number of thiazole rings is 1. The Morgan fingerprint density at radius 3 is 2.69 bits per heavy atom. The first kappa shape index (κ1) is 18.9. The molecule has 2 aromatic rings. The smallest absolute Gasteiger partial charge is 0.273 e. The van der Waals surface area contributed by atoms with Crippen LogP contribution in [0.4, 0.5) is 0 Å². The van der Waals surface area contributed by atoms with Gasteiger partial charge in [-0.2, -0.15) is 0 Å². The van der Waals surface area contributed by atoms with Gasteiger partial charge < -0.3 is 9.64 Å². The average Bonchev–Trinajstić information content (AvgIpc) is 3.23. The van der Waals surface area contributed by atoms with Gasteiger partial charge in [-0.05, 0) is 55.9 Å². The molecule has 3 rings (SSSR count). The zero-order valence-corrected chi connectivity index (χ0v) is 16.9. The molecule has 0 aliphatic carbocycles. The lowest BCUT2D eigenvalue weighted by molar-refractivity contribution is 0.0699. The van der Waals surface area contributed by atoms with Crippen LogP contribution in [0.3, 0.4) is 0 Å². The molecule has 0 N–H and O–H groups in total. The maximum atomic E-state index is 13.0. The highest BCUT2D eigenvalue weighted by Gasteiger charge is 2.33. The van der Waals surface area contributed by atoms with E-state index in [1.165, 1.54) is 11.3 Å². The summed E-state index contributed by atoms with van der Waals surface area (Å²) in [5.41, 5.74) is 1.81. The molecule has 140 valence electrons. The molecule has 1 aliphatic rings. The standard InChI is InChI=1S/C21H28N2O2S/c1-5-25-17-10-8-15(9-11-17)19-22-18(14-26-19)20(24)23-12-6-7-16(23)13-21(2,3)4/h8-11,14,16H,5-7,12-13H2,1-4H3. The van der Waals surface area contributed by atoms with Crippen LogP contribution < -0.4 is 4.74 Å². The molecular formula is C21H28N2O2S. The molecule has 1 aliphatic heterocycles. The summed E-state index contributed by atoms with van der Waals surface area (Å²) >= 11 is 1.52. The maximum Gasteiger partial charge on any atom is 0.273 e. The average molecular weight is 373 g/mol. The van der Waals surface area contributed by atoms with E-state index in [2.05, 4.69) is 25.8 Å². The summed E-state index contributed by atoms with van der Waals surface area (Å²) in [4.78, 5) is 19.6. The monoisotopic (exact) mass is 372 g/mol. The minimum atomic E-state index is 0.0742. The van der Waals surface area contributed by atoms with Gasteiger partial charge in [0.1, 0.15) is 16.5 Å². The van der Waals surface area contributed by atoms with Crippen LogP contribution in [0.5, 0.6) is 5.75 Å². The molecule has 1 fully saturated rings.